The Hall–Kier alpha value is -3.30. The molecule has 2 aromatic heterocycles. The van der Waals surface area contributed by atoms with Gasteiger partial charge in [0.05, 0.1) is 10.9 Å². The first kappa shape index (κ1) is 21.9. The van der Waals surface area contributed by atoms with Crippen molar-refractivity contribution in [3.05, 3.63) is 70.0 Å². The van der Waals surface area contributed by atoms with Gasteiger partial charge in [-0.3, -0.25) is 9.59 Å². The Labute approximate surface area is 189 Å². The van der Waals surface area contributed by atoms with Gasteiger partial charge in [0.15, 0.2) is 0 Å². The van der Waals surface area contributed by atoms with E-state index in [2.05, 4.69) is 39.5 Å². The molecule has 0 fully saturated rings. The van der Waals surface area contributed by atoms with E-state index in [1.807, 2.05) is 30.3 Å². The lowest BCUT2D eigenvalue weighted by atomic mass is 10.1. The zero-order chi connectivity index (χ0) is 22.5. The van der Waals surface area contributed by atoms with Gasteiger partial charge in [-0.25, -0.2) is 4.98 Å². The minimum absolute atomic E-state index is 0.171. The van der Waals surface area contributed by atoms with Gasteiger partial charge in [-0.1, -0.05) is 55.5 Å². The van der Waals surface area contributed by atoms with Gasteiger partial charge < -0.3 is 15.5 Å². The highest BCUT2D eigenvalue weighted by molar-refractivity contribution is 7.20. The van der Waals surface area contributed by atoms with Crippen molar-refractivity contribution in [1.29, 1.82) is 0 Å². The molecule has 32 heavy (non-hydrogen) atoms. The number of rotatable bonds is 9. The van der Waals surface area contributed by atoms with Gasteiger partial charge >= 0.3 is 0 Å². The number of anilines is 1. The van der Waals surface area contributed by atoms with Crippen LogP contribution in [-0.2, 0) is 6.54 Å². The van der Waals surface area contributed by atoms with Crippen LogP contribution in [-0.4, -0.2) is 51.6 Å². The van der Waals surface area contributed by atoms with Crippen molar-refractivity contribution in [2.24, 2.45) is 0 Å². The Morgan fingerprint density at radius 1 is 1.12 bits per heavy atom. The van der Waals surface area contributed by atoms with Crippen LogP contribution in [0.5, 0.6) is 0 Å². The molecule has 166 valence electrons. The SMILES string of the molecule is CCN(CC)CCNC(=O)c1ccc2c(=O)n3nc(NCc4ccccc4)sc3nc2c1. The summed E-state index contributed by atoms with van der Waals surface area (Å²) in [6.45, 7) is 8.06. The summed E-state index contributed by atoms with van der Waals surface area (Å²) in [5.41, 5.74) is 1.85. The maximum Gasteiger partial charge on any atom is 0.283 e. The molecule has 0 aliphatic rings. The first-order valence-electron chi connectivity index (χ1n) is 10.7. The molecule has 0 aliphatic heterocycles. The molecule has 0 saturated carbocycles. The first-order valence-corrected chi connectivity index (χ1v) is 11.5. The molecule has 1 amide bonds. The minimum Gasteiger partial charge on any atom is -0.356 e. The molecular formula is C23H26N6O2S. The number of carbonyl (C=O) groups excluding carboxylic acids is 1. The smallest absolute Gasteiger partial charge is 0.283 e. The molecule has 2 N–H and O–H groups in total. The third-order valence-electron chi connectivity index (χ3n) is 5.35. The van der Waals surface area contributed by atoms with Crippen molar-refractivity contribution in [2.45, 2.75) is 20.4 Å². The molecule has 0 aliphatic carbocycles. The maximum atomic E-state index is 12.9. The number of nitrogens with one attached hydrogen (secondary N) is 2. The van der Waals surface area contributed by atoms with Gasteiger partial charge in [-0.05, 0) is 36.9 Å². The minimum atomic E-state index is -0.248. The van der Waals surface area contributed by atoms with Gasteiger partial charge in [0, 0.05) is 25.2 Å². The van der Waals surface area contributed by atoms with Crippen LogP contribution in [0.4, 0.5) is 5.13 Å². The summed E-state index contributed by atoms with van der Waals surface area (Å²) in [6.07, 6.45) is 0. The van der Waals surface area contributed by atoms with Gasteiger partial charge in [0.2, 0.25) is 10.1 Å². The maximum absolute atomic E-state index is 12.9. The Morgan fingerprint density at radius 2 is 1.91 bits per heavy atom. The Morgan fingerprint density at radius 3 is 2.66 bits per heavy atom. The number of likely N-dealkylation sites (N-methyl/N-ethyl adjacent to an activating group) is 1. The van der Waals surface area contributed by atoms with E-state index in [0.717, 1.165) is 25.2 Å². The first-order chi connectivity index (χ1) is 15.6. The average Bonchev–Trinajstić information content (AvgIpc) is 3.24. The number of hydrogen-bond acceptors (Lipinski definition) is 7. The predicted octanol–water partition coefficient (Wildman–Crippen LogP) is 2.99. The van der Waals surface area contributed by atoms with Crippen LogP contribution in [0.2, 0.25) is 0 Å². The molecule has 2 aromatic carbocycles. The second kappa shape index (κ2) is 9.88. The summed E-state index contributed by atoms with van der Waals surface area (Å²) >= 11 is 1.31. The summed E-state index contributed by atoms with van der Waals surface area (Å²) in [7, 11) is 0. The fourth-order valence-electron chi connectivity index (χ4n) is 3.46. The number of hydrogen-bond donors (Lipinski definition) is 2. The molecule has 9 heteroatoms. The zero-order valence-corrected chi connectivity index (χ0v) is 19.0. The van der Waals surface area contributed by atoms with E-state index in [4.69, 9.17) is 0 Å². The number of aromatic nitrogens is 3. The van der Waals surface area contributed by atoms with E-state index in [-0.39, 0.29) is 11.5 Å². The Bertz CT molecular complexity index is 1280. The molecule has 0 atom stereocenters. The largest absolute Gasteiger partial charge is 0.356 e. The van der Waals surface area contributed by atoms with Crippen molar-refractivity contribution in [2.75, 3.05) is 31.5 Å². The highest BCUT2D eigenvalue weighted by Gasteiger charge is 2.13. The highest BCUT2D eigenvalue weighted by Crippen LogP contribution is 2.20. The van der Waals surface area contributed by atoms with Gasteiger partial charge in [0.1, 0.15) is 0 Å². The number of fused-ring (bicyclic) bond motifs is 2. The summed E-state index contributed by atoms with van der Waals surface area (Å²) < 4.78 is 1.31. The van der Waals surface area contributed by atoms with Crippen molar-refractivity contribution >= 4 is 38.2 Å². The monoisotopic (exact) mass is 450 g/mol. The summed E-state index contributed by atoms with van der Waals surface area (Å²) in [5, 5.41) is 11.6. The van der Waals surface area contributed by atoms with Crippen molar-refractivity contribution in [1.82, 2.24) is 24.8 Å². The molecule has 4 rings (SSSR count). The molecule has 0 spiro atoms. The number of benzene rings is 2. The van der Waals surface area contributed by atoms with E-state index in [1.54, 1.807) is 18.2 Å². The molecule has 2 heterocycles. The summed E-state index contributed by atoms with van der Waals surface area (Å²) in [6, 6.07) is 14.9. The van der Waals surface area contributed by atoms with E-state index < -0.39 is 0 Å². The van der Waals surface area contributed by atoms with Gasteiger partial charge in [-0.15, -0.1) is 5.10 Å². The van der Waals surface area contributed by atoms with Crippen LogP contribution in [0.1, 0.15) is 29.8 Å². The third kappa shape index (κ3) is 4.79. The Kier molecular flexibility index (Phi) is 6.77. The van der Waals surface area contributed by atoms with E-state index in [1.165, 1.54) is 15.9 Å². The second-order valence-electron chi connectivity index (χ2n) is 7.37. The lowest BCUT2D eigenvalue weighted by Crippen LogP contribution is -2.34. The van der Waals surface area contributed by atoms with Crippen LogP contribution in [0, 0.1) is 0 Å². The van der Waals surface area contributed by atoms with E-state index in [9.17, 15) is 9.59 Å². The number of amides is 1. The molecule has 4 aromatic rings. The topological polar surface area (TPSA) is 91.6 Å². The lowest BCUT2D eigenvalue weighted by molar-refractivity contribution is 0.0949. The van der Waals surface area contributed by atoms with Crippen LogP contribution >= 0.6 is 11.3 Å². The standard InChI is InChI=1S/C23H26N6O2S/c1-3-28(4-2)13-12-24-20(30)17-10-11-18-19(14-17)26-23-29(21(18)31)27-22(32-23)25-15-16-8-6-5-7-9-16/h5-11,14H,3-4,12-13,15H2,1-2H3,(H,24,30)(H,25,27). The summed E-state index contributed by atoms with van der Waals surface area (Å²) in [5.74, 6) is -0.171. The van der Waals surface area contributed by atoms with Gasteiger partial charge in [0.25, 0.3) is 11.5 Å². The third-order valence-corrected chi connectivity index (χ3v) is 6.22. The van der Waals surface area contributed by atoms with Crippen molar-refractivity contribution in [3.63, 3.8) is 0 Å². The average molecular weight is 451 g/mol. The number of carbonyl (C=O) groups is 1. The number of nitrogens with zero attached hydrogens (tertiary/aromatic N) is 4. The zero-order valence-electron chi connectivity index (χ0n) is 18.2. The predicted molar refractivity (Wildman–Crippen MR) is 129 cm³/mol. The van der Waals surface area contributed by atoms with Gasteiger partial charge in [-0.2, -0.15) is 4.52 Å². The van der Waals surface area contributed by atoms with Crippen LogP contribution in [0.25, 0.3) is 15.9 Å². The van der Waals surface area contributed by atoms with Crippen molar-refractivity contribution in [3.8, 4) is 0 Å². The molecule has 0 saturated heterocycles. The highest BCUT2D eigenvalue weighted by atomic mass is 32.1. The summed E-state index contributed by atoms with van der Waals surface area (Å²) in [4.78, 5) is 32.8. The molecule has 8 nitrogen and oxygen atoms in total. The normalized spacial score (nSPS) is 11.3. The van der Waals surface area contributed by atoms with E-state index in [0.29, 0.717) is 39.6 Å². The molecule has 0 bridgehead atoms. The Balaban J connectivity index is 1.53. The quantitative estimate of drug-likeness (QED) is 0.407. The van der Waals surface area contributed by atoms with Crippen molar-refractivity contribution < 1.29 is 4.79 Å². The lowest BCUT2D eigenvalue weighted by Gasteiger charge is -2.17. The molecule has 0 unspecified atom stereocenters. The fourth-order valence-corrected chi connectivity index (χ4v) is 4.26. The van der Waals surface area contributed by atoms with E-state index >= 15 is 0 Å². The van der Waals surface area contributed by atoms with Crippen LogP contribution in [0.15, 0.2) is 53.3 Å². The fraction of sp³-hybridized carbons (Fsp3) is 0.304. The van der Waals surface area contributed by atoms with Crippen LogP contribution < -0.4 is 16.2 Å². The van der Waals surface area contributed by atoms with Crippen LogP contribution in [0.3, 0.4) is 0 Å². The molecule has 0 radical (unpaired) electrons. The second-order valence-corrected chi connectivity index (χ2v) is 8.33. The molecular weight excluding hydrogens is 424 g/mol.